The molecule has 5 nitrogen and oxygen atoms in total. The van der Waals surface area contributed by atoms with Crippen LogP contribution in [0, 0.1) is 5.92 Å². The van der Waals surface area contributed by atoms with Gasteiger partial charge in [0.05, 0.1) is 6.61 Å². The summed E-state index contributed by atoms with van der Waals surface area (Å²) in [4.78, 5) is 27.9. The number of amides is 2. The van der Waals surface area contributed by atoms with Gasteiger partial charge < -0.3 is 14.9 Å². The van der Waals surface area contributed by atoms with Crippen LogP contribution < -0.4 is 4.90 Å². The standard InChI is InChI=1S/C15H19ClN2O3/c1-2-17(8-9-19)14(20)13-6-7-18(15(13)21)12-5-3-4-11(16)10-12/h3-5,10,13,19H,2,6-9H2,1H3. The molecule has 1 atom stereocenters. The lowest BCUT2D eigenvalue weighted by molar-refractivity contribution is -0.140. The Bertz CT molecular complexity index is 535. The molecule has 1 aliphatic rings. The van der Waals surface area contributed by atoms with Crippen LogP contribution in [0.3, 0.4) is 0 Å². The highest BCUT2D eigenvalue weighted by atomic mass is 35.5. The largest absolute Gasteiger partial charge is 0.395 e. The number of benzene rings is 1. The van der Waals surface area contributed by atoms with Crippen molar-refractivity contribution in [2.75, 3.05) is 31.1 Å². The lowest BCUT2D eigenvalue weighted by Gasteiger charge is -2.23. The molecule has 0 aromatic heterocycles. The van der Waals surface area contributed by atoms with Crippen molar-refractivity contribution < 1.29 is 14.7 Å². The summed E-state index contributed by atoms with van der Waals surface area (Å²) in [5, 5.41) is 9.54. The molecular weight excluding hydrogens is 292 g/mol. The second kappa shape index (κ2) is 6.91. The van der Waals surface area contributed by atoms with Crippen molar-refractivity contribution in [3.05, 3.63) is 29.3 Å². The second-order valence-corrected chi connectivity index (χ2v) is 5.39. The first-order chi connectivity index (χ1) is 10.1. The summed E-state index contributed by atoms with van der Waals surface area (Å²) in [6.07, 6.45) is 0.492. The molecule has 1 N–H and O–H groups in total. The van der Waals surface area contributed by atoms with Gasteiger partial charge in [0.15, 0.2) is 0 Å². The van der Waals surface area contributed by atoms with E-state index in [1.54, 1.807) is 23.1 Å². The molecule has 1 aliphatic heterocycles. The van der Waals surface area contributed by atoms with Crippen molar-refractivity contribution in [2.24, 2.45) is 5.92 Å². The lowest BCUT2D eigenvalue weighted by atomic mass is 10.1. The molecule has 6 heteroatoms. The fourth-order valence-electron chi connectivity index (χ4n) is 2.57. The molecule has 0 spiro atoms. The number of carbonyl (C=O) groups is 2. The van der Waals surface area contributed by atoms with Crippen LogP contribution in [0.1, 0.15) is 13.3 Å². The fourth-order valence-corrected chi connectivity index (χ4v) is 2.76. The van der Waals surface area contributed by atoms with Gasteiger partial charge in [0.2, 0.25) is 11.8 Å². The van der Waals surface area contributed by atoms with Crippen molar-refractivity contribution in [3.63, 3.8) is 0 Å². The van der Waals surface area contributed by atoms with E-state index >= 15 is 0 Å². The Morgan fingerprint density at radius 2 is 2.29 bits per heavy atom. The quantitative estimate of drug-likeness (QED) is 0.839. The zero-order valence-electron chi connectivity index (χ0n) is 12.0. The van der Waals surface area contributed by atoms with Gasteiger partial charge in [-0.2, -0.15) is 0 Å². The minimum absolute atomic E-state index is 0.0987. The average Bonchev–Trinajstić information content (AvgIpc) is 2.85. The molecular formula is C15H19ClN2O3. The molecule has 0 saturated carbocycles. The monoisotopic (exact) mass is 310 g/mol. The number of carbonyl (C=O) groups excluding carboxylic acids is 2. The maximum absolute atomic E-state index is 12.5. The van der Waals surface area contributed by atoms with Crippen LogP contribution in [0.4, 0.5) is 5.69 Å². The number of hydrogen-bond acceptors (Lipinski definition) is 3. The van der Waals surface area contributed by atoms with Crippen LogP contribution in [0.25, 0.3) is 0 Å². The van der Waals surface area contributed by atoms with E-state index in [1.165, 1.54) is 4.90 Å². The number of aliphatic hydroxyl groups is 1. The Hall–Kier alpha value is -1.59. The predicted octanol–water partition coefficient (Wildman–Crippen LogP) is 1.53. The Balaban J connectivity index is 2.12. The summed E-state index contributed by atoms with van der Waals surface area (Å²) in [6.45, 7) is 2.99. The molecule has 1 saturated heterocycles. The Morgan fingerprint density at radius 3 is 2.90 bits per heavy atom. The Morgan fingerprint density at radius 1 is 1.52 bits per heavy atom. The van der Waals surface area contributed by atoms with E-state index in [4.69, 9.17) is 16.7 Å². The molecule has 1 unspecified atom stereocenters. The number of rotatable bonds is 5. The van der Waals surface area contributed by atoms with Crippen LogP contribution >= 0.6 is 11.6 Å². The molecule has 1 fully saturated rings. The van der Waals surface area contributed by atoms with Gasteiger partial charge in [0.1, 0.15) is 5.92 Å². The van der Waals surface area contributed by atoms with Crippen LogP contribution in [0.5, 0.6) is 0 Å². The number of nitrogens with zero attached hydrogens (tertiary/aromatic N) is 2. The zero-order chi connectivity index (χ0) is 15.4. The third-order valence-electron chi connectivity index (χ3n) is 3.69. The van der Waals surface area contributed by atoms with Gasteiger partial charge in [-0.15, -0.1) is 0 Å². The Kier molecular flexibility index (Phi) is 5.20. The van der Waals surface area contributed by atoms with Crippen molar-refractivity contribution in [2.45, 2.75) is 13.3 Å². The minimum atomic E-state index is -0.657. The van der Waals surface area contributed by atoms with Crippen molar-refractivity contribution in [3.8, 4) is 0 Å². The van der Waals surface area contributed by atoms with Gasteiger partial charge in [-0.3, -0.25) is 9.59 Å². The Labute approximate surface area is 129 Å². The van der Waals surface area contributed by atoms with Gasteiger partial charge in [0.25, 0.3) is 0 Å². The molecule has 1 aromatic carbocycles. The molecule has 2 rings (SSSR count). The van der Waals surface area contributed by atoms with Crippen molar-refractivity contribution >= 4 is 29.1 Å². The van der Waals surface area contributed by atoms with E-state index in [2.05, 4.69) is 0 Å². The van der Waals surface area contributed by atoms with E-state index in [-0.39, 0.29) is 25.0 Å². The van der Waals surface area contributed by atoms with Crippen molar-refractivity contribution in [1.29, 1.82) is 0 Å². The first-order valence-electron chi connectivity index (χ1n) is 7.05. The van der Waals surface area contributed by atoms with Crippen LogP contribution in [0.15, 0.2) is 24.3 Å². The molecule has 21 heavy (non-hydrogen) atoms. The summed E-state index contributed by atoms with van der Waals surface area (Å²) in [5.74, 6) is -1.06. The van der Waals surface area contributed by atoms with Gasteiger partial charge >= 0.3 is 0 Å². The predicted molar refractivity (Wildman–Crippen MR) is 81.3 cm³/mol. The molecule has 114 valence electrons. The second-order valence-electron chi connectivity index (χ2n) is 4.95. The molecule has 1 aromatic rings. The first kappa shape index (κ1) is 15.8. The third kappa shape index (κ3) is 3.36. The molecule has 2 amide bonds. The van der Waals surface area contributed by atoms with Gasteiger partial charge in [-0.25, -0.2) is 0 Å². The highest BCUT2D eigenvalue weighted by Gasteiger charge is 2.39. The zero-order valence-corrected chi connectivity index (χ0v) is 12.7. The summed E-state index contributed by atoms with van der Waals surface area (Å²) in [5.41, 5.74) is 0.716. The van der Waals surface area contributed by atoms with E-state index in [1.807, 2.05) is 13.0 Å². The maximum Gasteiger partial charge on any atom is 0.239 e. The van der Waals surface area contributed by atoms with Crippen molar-refractivity contribution in [1.82, 2.24) is 4.90 Å². The van der Waals surface area contributed by atoms with E-state index < -0.39 is 5.92 Å². The number of halogens is 1. The summed E-state index contributed by atoms with van der Waals surface area (Å²) in [7, 11) is 0. The minimum Gasteiger partial charge on any atom is -0.395 e. The third-order valence-corrected chi connectivity index (χ3v) is 3.92. The lowest BCUT2D eigenvalue weighted by Crippen LogP contribution is -2.41. The van der Waals surface area contributed by atoms with Crippen LogP contribution in [0.2, 0.25) is 5.02 Å². The maximum atomic E-state index is 12.5. The fraction of sp³-hybridized carbons (Fsp3) is 0.467. The van der Waals surface area contributed by atoms with Crippen LogP contribution in [-0.2, 0) is 9.59 Å². The molecule has 0 aliphatic carbocycles. The molecule has 0 bridgehead atoms. The van der Waals surface area contributed by atoms with E-state index in [9.17, 15) is 9.59 Å². The highest BCUT2D eigenvalue weighted by molar-refractivity contribution is 6.31. The molecule has 1 heterocycles. The number of anilines is 1. The molecule has 0 radical (unpaired) electrons. The first-order valence-corrected chi connectivity index (χ1v) is 7.42. The van der Waals surface area contributed by atoms with Gasteiger partial charge in [0, 0.05) is 30.3 Å². The summed E-state index contributed by atoms with van der Waals surface area (Å²) < 4.78 is 0. The average molecular weight is 311 g/mol. The summed E-state index contributed by atoms with van der Waals surface area (Å²) in [6, 6.07) is 7.05. The normalized spacial score (nSPS) is 18.1. The van der Waals surface area contributed by atoms with Crippen LogP contribution in [-0.4, -0.2) is 48.1 Å². The number of aliphatic hydroxyl groups excluding tert-OH is 1. The van der Waals surface area contributed by atoms with E-state index in [0.717, 1.165) is 0 Å². The number of likely N-dealkylation sites (N-methyl/N-ethyl adjacent to an activating group) is 1. The summed E-state index contributed by atoms with van der Waals surface area (Å²) >= 11 is 5.94. The number of hydrogen-bond donors (Lipinski definition) is 1. The van der Waals surface area contributed by atoms with E-state index in [0.29, 0.717) is 30.2 Å². The SMILES string of the molecule is CCN(CCO)C(=O)C1CCN(c2cccc(Cl)c2)C1=O. The topological polar surface area (TPSA) is 60.9 Å². The smallest absolute Gasteiger partial charge is 0.239 e. The highest BCUT2D eigenvalue weighted by Crippen LogP contribution is 2.28. The van der Waals surface area contributed by atoms with Gasteiger partial charge in [-0.05, 0) is 31.5 Å². The van der Waals surface area contributed by atoms with Gasteiger partial charge in [-0.1, -0.05) is 17.7 Å².